The van der Waals surface area contributed by atoms with Gasteiger partial charge in [-0.05, 0) is 18.2 Å². The van der Waals surface area contributed by atoms with Crippen LogP contribution in [0.4, 0.5) is 11.4 Å². The monoisotopic (exact) mass is 301 g/mol. The van der Waals surface area contributed by atoms with Crippen LogP contribution in [0.25, 0.3) is 0 Å². The number of amides is 1. The zero-order valence-corrected chi connectivity index (χ0v) is 11.3. The summed E-state index contributed by atoms with van der Waals surface area (Å²) in [6, 6.07) is 8.37. The average Bonchev–Trinajstić information content (AvgIpc) is 2.53. The minimum absolute atomic E-state index is 0.147. The van der Waals surface area contributed by atoms with Crippen molar-refractivity contribution in [2.24, 2.45) is 0 Å². The fourth-order valence-corrected chi connectivity index (χ4v) is 1.60. The molecule has 0 aliphatic carbocycles. The maximum Gasteiger partial charge on any atom is 0.338 e. The molecule has 0 aliphatic rings. The molecule has 1 heterocycles. The van der Waals surface area contributed by atoms with E-state index in [-0.39, 0.29) is 16.9 Å². The number of ether oxygens (including phenoxy) is 1. The van der Waals surface area contributed by atoms with Gasteiger partial charge < -0.3 is 10.1 Å². The molecular weight excluding hydrogens is 290 g/mol. The van der Waals surface area contributed by atoms with Crippen LogP contribution in [-0.2, 0) is 9.53 Å². The highest BCUT2D eigenvalue weighted by Gasteiger charge is 2.11. The van der Waals surface area contributed by atoms with E-state index in [0.29, 0.717) is 0 Å². The zero-order chi connectivity index (χ0) is 15.9. The Morgan fingerprint density at radius 2 is 1.95 bits per heavy atom. The van der Waals surface area contributed by atoms with Crippen LogP contribution < -0.4 is 5.32 Å². The maximum atomic E-state index is 11.7. The smallest absolute Gasteiger partial charge is 0.338 e. The molecule has 8 heteroatoms. The first-order valence-corrected chi connectivity index (χ1v) is 6.18. The predicted molar refractivity (Wildman–Crippen MR) is 76.2 cm³/mol. The Morgan fingerprint density at radius 1 is 1.23 bits per heavy atom. The minimum Gasteiger partial charge on any atom is -0.452 e. The molecule has 0 atom stereocenters. The van der Waals surface area contributed by atoms with Crippen LogP contribution in [0.2, 0.25) is 0 Å². The van der Waals surface area contributed by atoms with Crippen molar-refractivity contribution in [2.75, 3.05) is 11.9 Å². The van der Waals surface area contributed by atoms with Gasteiger partial charge in [-0.1, -0.05) is 6.07 Å². The van der Waals surface area contributed by atoms with Crippen molar-refractivity contribution in [3.63, 3.8) is 0 Å². The molecule has 1 N–H and O–H groups in total. The number of pyridine rings is 1. The summed E-state index contributed by atoms with van der Waals surface area (Å²) in [5.74, 6) is -1.25. The molecule has 2 aromatic rings. The van der Waals surface area contributed by atoms with E-state index in [9.17, 15) is 19.7 Å². The van der Waals surface area contributed by atoms with Crippen molar-refractivity contribution in [3.8, 4) is 0 Å². The van der Waals surface area contributed by atoms with E-state index >= 15 is 0 Å². The number of nitro benzene ring substituents is 1. The van der Waals surface area contributed by atoms with Crippen LogP contribution in [0.5, 0.6) is 0 Å². The highest BCUT2D eigenvalue weighted by molar-refractivity contribution is 5.95. The van der Waals surface area contributed by atoms with Gasteiger partial charge in [0.2, 0.25) is 0 Å². The molecule has 112 valence electrons. The first kappa shape index (κ1) is 15.1. The van der Waals surface area contributed by atoms with E-state index in [2.05, 4.69) is 10.3 Å². The second-order valence-electron chi connectivity index (χ2n) is 4.17. The van der Waals surface area contributed by atoms with Crippen LogP contribution in [0, 0.1) is 10.1 Å². The molecule has 8 nitrogen and oxygen atoms in total. The van der Waals surface area contributed by atoms with Gasteiger partial charge in [-0.15, -0.1) is 0 Å². The maximum absolute atomic E-state index is 11.7. The molecule has 0 aliphatic heterocycles. The quantitative estimate of drug-likeness (QED) is 0.512. The van der Waals surface area contributed by atoms with Gasteiger partial charge in [0.05, 0.1) is 10.5 Å². The number of non-ortho nitro benzene ring substituents is 1. The largest absolute Gasteiger partial charge is 0.452 e. The average molecular weight is 301 g/mol. The Labute approximate surface area is 124 Å². The first-order chi connectivity index (χ1) is 10.6. The van der Waals surface area contributed by atoms with Gasteiger partial charge in [-0.2, -0.15) is 0 Å². The van der Waals surface area contributed by atoms with Crippen LogP contribution in [0.1, 0.15) is 10.4 Å². The number of carbonyl (C=O) groups excluding carboxylic acids is 2. The second kappa shape index (κ2) is 6.93. The summed E-state index contributed by atoms with van der Waals surface area (Å²) in [4.78, 5) is 37.1. The topological polar surface area (TPSA) is 111 Å². The SMILES string of the molecule is O=C(COC(=O)c1ccncc1)Nc1cccc([N+](=O)[O-])c1. The molecule has 0 saturated heterocycles. The van der Waals surface area contributed by atoms with Gasteiger partial charge >= 0.3 is 5.97 Å². The Bertz CT molecular complexity index is 703. The zero-order valence-electron chi connectivity index (χ0n) is 11.3. The Hall–Kier alpha value is -3.29. The number of nitrogens with one attached hydrogen (secondary N) is 1. The molecular formula is C14H11N3O5. The lowest BCUT2D eigenvalue weighted by Crippen LogP contribution is -2.20. The number of carbonyl (C=O) groups is 2. The summed E-state index contributed by atoms with van der Waals surface area (Å²) in [5.41, 5.74) is 0.379. The van der Waals surface area contributed by atoms with Crippen molar-refractivity contribution >= 4 is 23.3 Å². The second-order valence-corrected chi connectivity index (χ2v) is 4.17. The minimum atomic E-state index is -0.656. The molecule has 0 bridgehead atoms. The van der Waals surface area contributed by atoms with Gasteiger partial charge in [0.15, 0.2) is 6.61 Å². The molecule has 0 fully saturated rings. The van der Waals surface area contributed by atoms with Crippen molar-refractivity contribution in [1.29, 1.82) is 0 Å². The molecule has 0 radical (unpaired) electrons. The lowest BCUT2D eigenvalue weighted by Gasteiger charge is -2.06. The summed E-state index contributed by atoms with van der Waals surface area (Å²) < 4.78 is 4.83. The van der Waals surface area contributed by atoms with Crippen LogP contribution >= 0.6 is 0 Å². The van der Waals surface area contributed by atoms with Crippen molar-refractivity contribution < 1.29 is 19.2 Å². The van der Waals surface area contributed by atoms with E-state index in [4.69, 9.17) is 4.74 Å². The Morgan fingerprint density at radius 3 is 2.64 bits per heavy atom. The Balaban J connectivity index is 1.89. The molecule has 0 spiro atoms. The van der Waals surface area contributed by atoms with E-state index < -0.39 is 23.4 Å². The Kier molecular flexibility index (Phi) is 4.76. The van der Waals surface area contributed by atoms with E-state index in [1.165, 1.54) is 48.8 Å². The molecule has 22 heavy (non-hydrogen) atoms. The highest BCUT2D eigenvalue weighted by atomic mass is 16.6. The van der Waals surface area contributed by atoms with Crippen molar-refractivity contribution in [3.05, 3.63) is 64.5 Å². The van der Waals surface area contributed by atoms with Gasteiger partial charge in [0.25, 0.3) is 11.6 Å². The van der Waals surface area contributed by atoms with Crippen LogP contribution in [0.15, 0.2) is 48.8 Å². The summed E-state index contributed by atoms with van der Waals surface area (Å²) in [5, 5.41) is 13.0. The molecule has 2 rings (SSSR count). The molecule has 0 unspecified atom stereocenters. The van der Waals surface area contributed by atoms with E-state index in [1.807, 2.05) is 0 Å². The van der Waals surface area contributed by atoms with E-state index in [1.54, 1.807) is 0 Å². The highest BCUT2D eigenvalue weighted by Crippen LogP contribution is 2.16. The third kappa shape index (κ3) is 4.10. The number of esters is 1. The number of hydrogen-bond acceptors (Lipinski definition) is 6. The van der Waals surface area contributed by atoms with Crippen LogP contribution in [0.3, 0.4) is 0 Å². The number of rotatable bonds is 5. The molecule has 1 amide bonds. The number of nitrogens with zero attached hydrogens (tertiary/aromatic N) is 2. The first-order valence-electron chi connectivity index (χ1n) is 6.18. The lowest BCUT2D eigenvalue weighted by molar-refractivity contribution is -0.384. The fraction of sp³-hybridized carbons (Fsp3) is 0.0714. The predicted octanol–water partition coefficient (Wildman–Crippen LogP) is 1.79. The summed E-state index contributed by atoms with van der Waals surface area (Å²) >= 11 is 0. The normalized spacial score (nSPS) is 9.82. The van der Waals surface area contributed by atoms with Gasteiger partial charge in [0, 0.05) is 30.2 Å². The standard InChI is InChI=1S/C14H11N3O5/c18-13(9-22-14(19)10-4-6-15-7-5-10)16-11-2-1-3-12(8-11)17(20)21/h1-8H,9H2,(H,16,18). The number of hydrogen-bond donors (Lipinski definition) is 1. The van der Waals surface area contributed by atoms with Gasteiger partial charge in [0.1, 0.15) is 0 Å². The summed E-state index contributed by atoms with van der Waals surface area (Å²) in [7, 11) is 0. The van der Waals surface area contributed by atoms with Gasteiger partial charge in [-0.25, -0.2) is 4.79 Å². The van der Waals surface area contributed by atoms with Crippen LogP contribution in [-0.4, -0.2) is 28.4 Å². The van der Waals surface area contributed by atoms with Crippen molar-refractivity contribution in [2.45, 2.75) is 0 Å². The lowest BCUT2D eigenvalue weighted by atomic mass is 10.3. The molecule has 1 aromatic heterocycles. The van der Waals surface area contributed by atoms with Gasteiger partial charge in [-0.3, -0.25) is 19.9 Å². The number of benzene rings is 1. The van der Waals surface area contributed by atoms with Crippen molar-refractivity contribution in [1.82, 2.24) is 4.98 Å². The number of anilines is 1. The molecule has 0 saturated carbocycles. The number of aromatic nitrogens is 1. The number of nitro groups is 1. The summed E-state index contributed by atoms with van der Waals surface area (Å²) in [6.07, 6.45) is 2.86. The molecule has 1 aromatic carbocycles. The third-order valence-electron chi connectivity index (χ3n) is 2.59. The fourth-order valence-electron chi connectivity index (χ4n) is 1.60. The third-order valence-corrected chi connectivity index (χ3v) is 2.59. The van der Waals surface area contributed by atoms with E-state index in [0.717, 1.165) is 0 Å². The summed E-state index contributed by atoms with van der Waals surface area (Å²) in [6.45, 7) is -0.496.